The summed E-state index contributed by atoms with van der Waals surface area (Å²) in [5.74, 6) is -2.46. The van der Waals surface area contributed by atoms with Gasteiger partial charge in [-0.15, -0.1) is 0 Å². The highest BCUT2D eigenvalue weighted by Gasteiger charge is 2.28. The van der Waals surface area contributed by atoms with Crippen LogP contribution in [0.5, 0.6) is 0 Å². The van der Waals surface area contributed by atoms with Crippen LogP contribution in [-0.4, -0.2) is 59.9 Å². The molecule has 0 aliphatic rings. The van der Waals surface area contributed by atoms with E-state index in [-0.39, 0.29) is 19.4 Å². The first-order valence-corrected chi connectivity index (χ1v) is 25.8. The number of allylic oxidation sites excluding steroid dienone is 10. The second kappa shape index (κ2) is 44.8. The molecule has 62 heavy (non-hydrogen) atoms. The fourth-order valence-electron chi connectivity index (χ4n) is 6.41. The first-order chi connectivity index (χ1) is 30.1. The van der Waals surface area contributed by atoms with Gasteiger partial charge in [-0.1, -0.05) is 177 Å². The van der Waals surface area contributed by atoms with Crippen molar-refractivity contribution < 1.29 is 47.5 Å². The summed E-state index contributed by atoms with van der Waals surface area (Å²) in [6, 6.07) is -1.53. The number of phosphoric ester groups is 1. The zero-order chi connectivity index (χ0) is 45.6. The number of nitrogens with two attached hydrogens (primary N) is 1. The molecule has 11 nitrogen and oxygen atoms in total. The predicted molar refractivity (Wildman–Crippen MR) is 254 cm³/mol. The first kappa shape index (κ1) is 59.2. The maximum Gasteiger partial charge on any atom is 0.472 e. The predicted octanol–water partition coefficient (Wildman–Crippen LogP) is 13.5. The molecule has 12 heteroatoms. The van der Waals surface area contributed by atoms with Gasteiger partial charge < -0.3 is 25.2 Å². The summed E-state index contributed by atoms with van der Waals surface area (Å²) < 4.78 is 32.7. The van der Waals surface area contributed by atoms with E-state index in [1.165, 1.54) is 116 Å². The summed E-state index contributed by atoms with van der Waals surface area (Å²) in [7, 11) is -4.74. The van der Waals surface area contributed by atoms with Gasteiger partial charge in [0.05, 0.1) is 13.2 Å². The van der Waals surface area contributed by atoms with Crippen LogP contribution >= 0.6 is 7.82 Å². The molecule has 0 spiro atoms. The third kappa shape index (κ3) is 43.8. The van der Waals surface area contributed by atoms with Crippen LogP contribution in [0.3, 0.4) is 0 Å². The highest BCUT2D eigenvalue weighted by atomic mass is 31.2. The van der Waals surface area contributed by atoms with Crippen molar-refractivity contribution in [2.45, 2.75) is 219 Å². The van der Waals surface area contributed by atoms with Gasteiger partial charge >= 0.3 is 25.7 Å². The van der Waals surface area contributed by atoms with Crippen LogP contribution in [0.2, 0.25) is 0 Å². The van der Waals surface area contributed by atoms with Crippen molar-refractivity contribution in [3.63, 3.8) is 0 Å². The largest absolute Gasteiger partial charge is 0.480 e. The van der Waals surface area contributed by atoms with Crippen LogP contribution in [0, 0.1) is 0 Å². The van der Waals surface area contributed by atoms with Crippen LogP contribution < -0.4 is 5.73 Å². The van der Waals surface area contributed by atoms with Crippen molar-refractivity contribution in [2.24, 2.45) is 5.73 Å². The van der Waals surface area contributed by atoms with Crippen LogP contribution in [-0.2, 0) is 37.5 Å². The quantitative estimate of drug-likeness (QED) is 0.0230. The molecule has 0 aliphatic carbocycles. The maximum atomic E-state index is 12.6. The number of carbonyl (C=O) groups excluding carboxylic acids is 2. The molecule has 0 saturated carbocycles. The fraction of sp³-hybridized carbons (Fsp3) is 0.740. The molecule has 0 amide bonds. The lowest BCUT2D eigenvalue weighted by molar-refractivity contribution is -0.161. The summed E-state index contributed by atoms with van der Waals surface area (Å²) in [5.41, 5.74) is 5.34. The molecule has 0 fully saturated rings. The number of carboxylic acids is 1. The zero-order valence-electron chi connectivity index (χ0n) is 38.9. The summed E-state index contributed by atoms with van der Waals surface area (Å²) in [6.07, 6.45) is 52.9. The van der Waals surface area contributed by atoms with Crippen molar-refractivity contribution in [1.29, 1.82) is 0 Å². The molecule has 0 bridgehead atoms. The Morgan fingerprint density at radius 3 is 1.34 bits per heavy atom. The average molecular weight is 894 g/mol. The number of rotatable bonds is 45. The zero-order valence-corrected chi connectivity index (χ0v) is 39.8. The molecule has 1 unspecified atom stereocenters. The lowest BCUT2D eigenvalue weighted by atomic mass is 10.1. The molecule has 0 saturated heterocycles. The summed E-state index contributed by atoms with van der Waals surface area (Å²) in [5, 5.41) is 8.91. The van der Waals surface area contributed by atoms with Gasteiger partial charge in [-0.3, -0.25) is 23.4 Å². The molecule has 0 rings (SSSR count). The maximum absolute atomic E-state index is 12.6. The Kier molecular flexibility index (Phi) is 42.7. The van der Waals surface area contributed by atoms with E-state index < -0.39 is 51.1 Å². The minimum atomic E-state index is -4.74. The van der Waals surface area contributed by atoms with E-state index in [9.17, 15) is 23.8 Å². The number of unbranched alkanes of at least 4 members (excludes halogenated alkanes) is 21. The summed E-state index contributed by atoms with van der Waals surface area (Å²) in [4.78, 5) is 46.1. The van der Waals surface area contributed by atoms with E-state index in [1.54, 1.807) is 0 Å². The second-order valence-electron chi connectivity index (χ2n) is 16.2. The van der Waals surface area contributed by atoms with Gasteiger partial charge in [-0.2, -0.15) is 0 Å². The molecular weight excluding hydrogens is 806 g/mol. The number of carboxylic acid groups (broad SMARTS) is 1. The van der Waals surface area contributed by atoms with Crippen molar-refractivity contribution in [2.75, 3.05) is 19.8 Å². The van der Waals surface area contributed by atoms with E-state index in [0.717, 1.165) is 44.9 Å². The number of carbonyl (C=O) groups is 3. The average Bonchev–Trinajstić information content (AvgIpc) is 3.25. The first-order valence-electron chi connectivity index (χ1n) is 24.3. The van der Waals surface area contributed by atoms with Crippen LogP contribution in [0.4, 0.5) is 0 Å². The number of hydrogen-bond donors (Lipinski definition) is 3. The van der Waals surface area contributed by atoms with E-state index in [1.807, 2.05) is 12.2 Å². The Morgan fingerprint density at radius 2 is 0.871 bits per heavy atom. The lowest BCUT2D eigenvalue weighted by Crippen LogP contribution is -2.34. The molecule has 358 valence electrons. The number of phosphoric acid groups is 1. The smallest absolute Gasteiger partial charge is 0.472 e. The van der Waals surface area contributed by atoms with Crippen LogP contribution in [0.15, 0.2) is 60.8 Å². The minimum Gasteiger partial charge on any atom is -0.480 e. The van der Waals surface area contributed by atoms with E-state index >= 15 is 0 Å². The number of aliphatic carboxylic acids is 1. The molecule has 0 aliphatic heterocycles. The standard InChI is InChI=1S/C50H88NO10P/c1-3-5-7-9-11-13-15-17-19-21-22-23-24-26-28-30-32-34-36-38-40-42-49(53)61-46(44-59-62(56,57)60-45-47(51)50(54)55)43-58-48(52)41-39-37-35-33-31-29-27-25-20-18-16-14-12-10-8-6-4-2/h18-21,23-24,28,30,34,36,46-47H,3-17,22,25-27,29,31-33,35,37-45,51H2,1-2H3,(H,54,55)(H,56,57)/b20-18+,21-19+,24-23+,30-28+,36-34+/t46-,47+/m1/s1. The number of ether oxygens (including phenoxy) is 2. The molecule has 3 atom stereocenters. The fourth-order valence-corrected chi connectivity index (χ4v) is 7.18. The third-order valence-corrected chi connectivity index (χ3v) is 11.2. The van der Waals surface area contributed by atoms with Gasteiger partial charge in [0.1, 0.15) is 12.6 Å². The number of esters is 2. The molecule has 0 aromatic carbocycles. The van der Waals surface area contributed by atoms with E-state index in [2.05, 4.69) is 67.0 Å². The van der Waals surface area contributed by atoms with Crippen molar-refractivity contribution in [1.82, 2.24) is 0 Å². The number of hydrogen-bond acceptors (Lipinski definition) is 9. The normalized spacial score (nSPS) is 14.1. The Balaban J connectivity index is 4.41. The molecule has 4 N–H and O–H groups in total. The Hall–Kier alpha value is -2.82. The van der Waals surface area contributed by atoms with Gasteiger partial charge in [0.25, 0.3) is 0 Å². The second-order valence-corrected chi connectivity index (χ2v) is 17.7. The van der Waals surface area contributed by atoms with Crippen molar-refractivity contribution >= 4 is 25.7 Å². The highest BCUT2D eigenvalue weighted by molar-refractivity contribution is 7.47. The highest BCUT2D eigenvalue weighted by Crippen LogP contribution is 2.43. The van der Waals surface area contributed by atoms with Gasteiger partial charge in [-0.25, -0.2) is 4.57 Å². The van der Waals surface area contributed by atoms with Gasteiger partial charge in [0.2, 0.25) is 0 Å². The Labute approximate surface area is 377 Å². The minimum absolute atomic E-state index is 0.0830. The Morgan fingerprint density at radius 1 is 0.500 bits per heavy atom. The van der Waals surface area contributed by atoms with Crippen molar-refractivity contribution in [3.8, 4) is 0 Å². The van der Waals surface area contributed by atoms with Gasteiger partial charge in [0, 0.05) is 12.8 Å². The SMILES string of the molecule is CCCCCCCC/C=C/CCCCCCCCCC(=O)OC[C@H](COP(=O)(O)OC[C@H](N)C(=O)O)OC(=O)CCC/C=C/C/C=C/C/C=C/C/C=C/CCCCCCCCC. The molecule has 0 heterocycles. The van der Waals surface area contributed by atoms with Gasteiger partial charge in [-0.05, 0) is 77.0 Å². The lowest BCUT2D eigenvalue weighted by Gasteiger charge is -2.20. The van der Waals surface area contributed by atoms with E-state index in [0.29, 0.717) is 19.3 Å². The van der Waals surface area contributed by atoms with Gasteiger partial charge in [0.15, 0.2) is 6.10 Å². The molecule has 0 aromatic rings. The topological polar surface area (TPSA) is 172 Å². The third-order valence-electron chi connectivity index (χ3n) is 10.2. The molecule has 0 radical (unpaired) electrons. The van der Waals surface area contributed by atoms with E-state index in [4.69, 9.17) is 24.8 Å². The summed E-state index contributed by atoms with van der Waals surface area (Å²) >= 11 is 0. The van der Waals surface area contributed by atoms with Crippen molar-refractivity contribution in [3.05, 3.63) is 60.8 Å². The molecule has 0 aromatic heterocycles. The van der Waals surface area contributed by atoms with Crippen LogP contribution in [0.25, 0.3) is 0 Å². The summed E-state index contributed by atoms with van der Waals surface area (Å²) in [6.45, 7) is 2.75. The Bertz CT molecular complexity index is 1280. The molecular formula is C50H88NO10P. The monoisotopic (exact) mass is 894 g/mol. The van der Waals surface area contributed by atoms with Crippen LogP contribution in [0.1, 0.15) is 206 Å².